The molecule has 0 bridgehead atoms. The van der Waals surface area contributed by atoms with Gasteiger partial charge in [0.1, 0.15) is 12.0 Å². The molecule has 0 atom stereocenters. The average molecular weight is 463 g/mol. The number of aliphatic imine (C=N–C) groups is 4. The van der Waals surface area contributed by atoms with Crippen LogP contribution in [0.1, 0.15) is 22.3 Å². The summed E-state index contributed by atoms with van der Waals surface area (Å²) in [6.45, 7) is 4.07. The zero-order valence-corrected chi connectivity index (χ0v) is 20.0. The van der Waals surface area contributed by atoms with Crippen molar-refractivity contribution < 1.29 is 0 Å². The molecule has 4 aromatic rings. The number of rotatable bonds is 4. The molecule has 0 saturated carbocycles. The topological polar surface area (TPSA) is 49.4 Å². The molecule has 0 aliphatic carbocycles. The Morgan fingerprint density at radius 1 is 0.444 bits per heavy atom. The summed E-state index contributed by atoms with van der Waals surface area (Å²) < 4.78 is 0. The maximum absolute atomic E-state index is 4.34. The van der Waals surface area contributed by atoms with Crippen molar-refractivity contribution in [2.24, 2.45) is 20.0 Å². The van der Waals surface area contributed by atoms with Crippen LogP contribution in [0.4, 0.5) is 22.7 Å². The maximum Gasteiger partial charge on any atom is 0.101 e. The Hall–Kier alpha value is -5.24. The fourth-order valence-corrected chi connectivity index (χ4v) is 3.06. The standard InChI is InChI=1S/C32H22N4/c1-25-15-19-29(20-16-25)33-23-35-31-13-7-5-11-27(31)9-3-4-10-28-12-6-8-14-32(28)36-24-34-30-21-17-26(2)18-22-30/h5-8,11-22H,1-2H3. The summed E-state index contributed by atoms with van der Waals surface area (Å²) in [4.78, 5) is 17.2. The van der Waals surface area contributed by atoms with E-state index in [-0.39, 0.29) is 0 Å². The minimum Gasteiger partial charge on any atom is -0.188 e. The molecule has 0 heterocycles. The first kappa shape index (κ1) is 23.9. The molecular formula is C32H22N4. The summed E-state index contributed by atoms with van der Waals surface area (Å²) in [6.07, 6.45) is 0. The summed E-state index contributed by atoms with van der Waals surface area (Å²) in [5, 5.41) is 0. The number of benzene rings is 4. The number of para-hydroxylation sites is 2. The van der Waals surface area contributed by atoms with E-state index < -0.39 is 0 Å². The maximum atomic E-state index is 4.34. The molecule has 0 aliphatic heterocycles. The molecule has 0 aliphatic rings. The predicted octanol–water partition coefficient (Wildman–Crippen LogP) is 7.98. The minimum atomic E-state index is 0.681. The Morgan fingerprint density at radius 2 is 0.833 bits per heavy atom. The van der Waals surface area contributed by atoms with Crippen molar-refractivity contribution >= 4 is 34.8 Å². The Labute approximate surface area is 211 Å². The molecule has 0 saturated heterocycles. The van der Waals surface area contributed by atoms with E-state index in [9.17, 15) is 0 Å². The predicted molar refractivity (Wildman–Crippen MR) is 147 cm³/mol. The van der Waals surface area contributed by atoms with Crippen molar-refractivity contribution in [1.82, 2.24) is 0 Å². The molecule has 0 spiro atoms. The third-order valence-corrected chi connectivity index (χ3v) is 5.03. The molecule has 170 valence electrons. The first-order valence-corrected chi connectivity index (χ1v) is 11.3. The van der Waals surface area contributed by atoms with Gasteiger partial charge in [-0.25, -0.2) is 0 Å². The van der Waals surface area contributed by atoms with E-state index in [0.717, 1.165) is 22.5 Å². The summed E-state index contributed by atoms with van der Waals surface area (Å²) in [5.41, 5.74) is 6.80. The molecule has 36 heavy (non-hydrogen) atoms. The van der Waals surface area contributed by atoms with E-state index in [0.29, 0.717) is 11.4 Å². The van der Waals surface area contributed by atoms with Crippen LogP contribution in [0.25, 0.3) is 0 Å². The van der Waals surface area contributed by atoms with Gasteiger partial charge in [-0.05, 0) is 74.2 Å². The minimum absolute atomic E-state index is 0.681. The van der Waals surface area contributed by atoms with E-state index >= 15 is 0 Å². The highest BCUT2D eigenvalue weighted by Crippen LogP contribution is 2.19. The fraction of sp³-hybridized carbons (Fsp3) is 0.0625. The summed E-state index contributed by atoms with van der Waals surface area (Å²) in [5.74, 6) is 11.9. The van der Waals surface area contributed by atoms with Crippen molar-refractivity contribution in [2.45, 2.75) is 13.8 Å². The monoisotopic (exact) mass is 462 g/mol. The number of hydrogen-bond donors (Lipinski definition) is 0. The van der Waals surface area contributed by atoms with Crippen LogP contribution in [0.3, 0.4) is 0 Å². The molecule has 0 aromatic heterocycles. The Balaban J connectivity index is 1.51. The lowest BCUT2D eigenvalue weighted by Crippen LogP contribution is -1.76. The Kier molecular flexibility index (Phi) is 8.16. The molecule has 0 amide bonds. The molecule has 0 fully saturated rings. The van der Waals surface area contributed by atoms with Crippen LogP contribution < -0.4 is 0 Å². The van der Waals surface area contributed by atoms with Gasteiger partial charge in [-0.1, -0.05) is 71.5 Å². The van der Waals surface area contributed by atoms with Gasteiger partial charge in [-0.2, -0.15) is 20.0 Å². The van der Waals surface area contributed by atoms with Gasteiger partial charge in [0.25, 0.3) is 0 Å². The van der Waals surface area contributed by atoms with Gasteiger partial charge in [-0.15, -0.1) is 0 Å². The largest absolute Gasteiger partial charge is 0.188 e. The molecule has 4 heteroatoms. The lowest BCUT2D eigenvalue weighted by molar-refractivity contribution is 1.43. The Morgan fingerprint density at radius 3 is 1.25 bits per heavy atom. The lowest BCUT2D eigenvalue weighted by atomic mass is 10.1. The van der Waals surface area contributed by atoms with Gasteiger partial charge in [-0.3, -0.25) is 0 Å². The van der Waals surface area contributed by atoms with Crippen LogP contribution >= 0.6 is 0 Å². The van der Waals surface area contributed by atoms with Crippen LogP contribution in [0.2, 0.25) is 0 Å². The van der Waals surface area contributed by atoms with E-state index in [4.69, 9.17) is 0 Å². The van der Waals surface area contributed by atoms with Crippen LogP contribution in [-0.4, -0.2) is 12.0 Å². The molecule has 0 radical (unpaired) electrons. The first-order valence-electron chi connectivity index (χ1n) is 11.3. The normalized spacial score (nSPS) is 9.28. The van der Waals surface area contributed by atoms with Crippen molar-refractivity contribution in [2.75, 3.05) is 0 Å². The van der Waals surface area contributed by atoms with Crippen molar-refractivity contribution in [3.63, 3.8) is 0 Å². The molecule has 4 rings (SSSR count). The van der Waals surface area contributed by atoms with Crippen molar-refractivity contribution in [3.05, 3.63) is 119 Å². The number of hydrogen-bond acceptors (Lipinski definition) is 4. The molecular weight excluding hydrogens is 440 g/mol. The Bertz CT molecular complexity index is 1480. The van der Waals surface area contributed by atoms with Gasteiger partial charge >= 0.3 is 0 Å². The zero-order valence-electron chi connectivity index (χ0n) is 20.0. The molecule has 4 aromatic carbocycles. The van der Waals surface area contributed by atoms with E-state index in [1.807, 2.05) is 111 Å². The van der Waals surface area contributed by atoms with Crippen molar-refractivity contribution in [1.29, 1.82) is 0 Å². The second-order valence-electron chi connectivity index (χ2n) is 7.85. The zero-order chi connectivity index (χ0) is 25.0. The summed E-state index contributed by atoms with van der Waals surface area (Å²) >= 11 is 0. The highest BCUT2D eigenvalue weighted by molar-refractivity contribution is 5.65. The number of aryl methyl sites for hydroxylation is 2. The first-order chi connectivity index (χ1) is 17.7. The highest BCUT2D eigenvalue weighted by Gasteiger charge is 1.97. The molecule has 4 nitrogen and oxygen atoms in total. The number of nitrogens with zero attached hydrogens (tertiary/aromatic N) is 4. The van der Waals surface area contributed by atoms with Crippen LogP contribution in [-0.2, 0) is 0 Å². The van der Waals surface area contributed by atoms with Crippen LogP contribution in [0.15, 0.2) is 117 Å². The molecule has 0 unspecified atom stereocenters. The van der Waals surface area contributed by atoms with E-state index in [1.165, 1.54) is 11.1 Å². The van der Waals surface area contributed by atoms with Gasteiger partial charge in [0, 0.05) is 0 Å². The quantitative estimate of drug-likeness (QED) is 0.218. The average Bonchev–Trinajstić information content (AvgIpc) is 2.90. The third kappa shape index (κ3) is 7.13. The lowest BCUT2D eigenvalue weighted by Gasteiger charge is -1.95. The van der Waals surface area contributed by atoms with Crippen LogP contribution in [0.5, 0.6) is 0 Å². The van der Waals surface area contributed by atoms with Gasteiger partial charge in [0.05, 0.1) is 33.9 Å². The highest BCUT2D eigenvalue weighted by atomic mass is 14.8. The van der Waals surface area contributed by atoms with Crippen LogP contribution in [0, 0.1) is 37.5 Å². The van der Waals surface area contributed by atoms with Gasteiger partial charge in [0.15, 0.2) is 0 Å². The van der Waals surface area contributed by atoms with E-state index in [2.05, 4.69) is 55.7 Å². The van der Waals surface area contributed by atoms with Crippen molar-refractivity contribution in [3.8, 4) is 23.7 Å². The van der Waals surface area contributed by atoms with Gasteiger partial charge in [0.2, 0.25) is 0 Å². The third-order valence-electron chi connectivity index (χ3n) is 5.03. The summed E-state index contributed by atoms with van der Waals surface area (Å²) in [6, 6.07) is 36.3. The summed E-state index contributed by atoms with van der Waals surface area (Å²) in [7, 11) is 0. The SMILES string of the molecule is Cc1ccc(N=C=Nc2ccccc2C#CC#Cc2ccccc2N=C=Nc2ccc(C)cc2)cc1. The van der Waals surface area contributed by atoms with E-state index in [1.54, 1.807) is 0 Å². The molecule has 0 N–H and O–H groups in total. The fourth-order valence-electron chi connectivity index (χ4n) is 3.06. The smallest absolute Gasteiger partial charge is 0.101 e. The second-order valence-corrected chi connectivity index (χ2v) is 7.85. The van der Waals surface area contributed by atoms with Gasteiger partial charge < -0.3 is 0 Å². The second kappa shape index (κ2) is 12.3.